The Hall–Kier alpha value is -3.84. The van der Waals surface area contributed by atoms with Crippen LogP contribution in [-0.4, -0.2) is 29.1 Å². The average molecular weight is 508 g/mol. The molecule has 2 atom stereocenters. The Kier molecular flexibility index (Phi) is 5.48. The Bertz CT molecular complexity index is 1350. The highest BCUT2D eigenvalue weighted by atomic mass is 79.9. The van der Waals surface area contributed by atoms with Crippen molar-refractivity contribution in [3.8, 4) is 17.6 Å². The number of nitrogens with one attached hydrogen (secondary N) is 3. The molecule has 1 aromatic heterocycles. The average Bonchev–Trinajstić information content (AvgIpc) is 2.81. The van der Waals surface area contributed by atoms with Gasteiger partial charge in [0.25, 0.3) is 5.56 Å². The molecule has 166 valence electrons. The van der Waals surface area contributed by atoms with E-state index in [1.54, 1.807) is 18.2 Å². The van der Waals surface area contributed by atoms with E-state index < -0.39 is 23.3 Å². The van der Waals surface area contributed by atoms with Gasteiger partial charge in [-0.2, -0.15) is 10.2 Å². The van der Waals surface area contributed by atoms with Crippen LogP contribution in [-0.2, 0) is 11.3 Å². The van der Waals surface area contributed by atoms with Gasteiger partial charge in [0.05, 0.1) is 11.6 Å². The molecule has 3 heterocycles. The van der Waals surface area contributed by atoms with Gasteiger partial charge < -0.3 is 20.1 Å². The van der Waals surface area contributed by atoms with Gasteiger partial charge in [-0.05, 0) is 35.4 Å². The van der Waals surface area contributed by atoms with Crippen LogP contribution in [0.3, 0.4) is 0 Å². The quantitative estimate of drug-likeness (QED) is 0.494. The van der Waals surface area contributed by atoms with Crippen molar-refractivity contribution in [1.82, 2.24) is 9.97 Å². The van der Waals surface area contributed by atoms with E-state index in [1.165, 1.54) is 0 Å². The summed E-state index contributed by atoms with van der Waals surface area (Å²) in [4.78, 5) is 32.9. The van der Waals surface area contributed by atoms with Crippen LogP contribution in [0.4, 0.5) is 11.8 Å². The molecule has 2 aliphatic rings. The number of H-pyrrole nitrogens is 1. The fraction of sp³-hybridized carbons (Fsp3) is 0.217. The van der Waals surface area contributed by atoms with Crippen LogP contribution >= 0.6 is 15.9 Å². The van der Waals surface area contributed by atoms with Crippen molar-refractivity contribution in [2.75, 3.05) is 23.8 Å². The zero-order valence-corrected chi connectivity index (χ0v) is 18.8. The number of anilines is 2. The second-order valence-corrected chi connectivity index (χ2v) is 8.55. The lowest BCUT2D eigenvalue weighted by Gasteiger charge is -2.28. The summed E-state index contributed by atoms with van der Waals surface area (Å²) in [6.07, 6.45) is 0. The van der Waals surface area contributed by atoms with Gasteiger partial charge in [0.1, 0.15) is 24.9 Å². The van der Waals surface area contributed by atoms with Gasteiger partial charge in [-0.25, -0.2) is 0 Å². The Morgan fingerprint density at radius 2 is 1.97 bits per heavy atom. The van der Waals surface area contributed by atoms with Crippen LogP contribution in [0.5, 0.6) is 11.5 Å². The number of nitriles is 1. The van der Waals surface area contributed by atoms with Crippen molar-refractivity contribution in [3.05, 3.63) is 74.0 Å². The van der Waals surface area contributed by atoms with Crippen molar-refractivity contribution >= 4 is 33.6 Å². The summed E-state index contributed by atoms with van der Waals surface area (Å²) in [6, 6.07) is 14.8. The molecular weight excluding hydrogens is 490 g/mol. The van der Waals surface area contributed by atoms with Gasteiger partial charge in [-0.3, -0.25) is 14.6 Å². The fourth-order valence-electron chi connectivity index (χ4n) is 4.04. The van der Waals surface area contributed by atoms with Gasteiger partial charge in [-0.15, -0.1) is 0 Å². The van der Waals surface area contributed by atoms with Crippen molar-refractivity contribution in [3.63, 3.8) is 0 Å². The number of halogens is 1. The summed E-state index contributed by atoms with van der Waals surface area (Å²) in [5, 5.41) is 15.3. The predicted octanol–water partition coefficient (Wildman–Crippen LogP) is 3.14. The van der Waals surface area contributed by atoms with Gasteiger partial charge in [-0.1, -0.05) is 34.1 Å². The topological polar surface area (TPSA) is 129 Å². The smallest absolute Gasteiger partial charge is 0.258 e. The minimum absolute atomic E-state index is 0.143. The maximum atomic E-state index is 13.1. The number of carbonyl (C=O) groups is 1. The molecule has 0 saturated carbocycles. The number of benzene rings is 2. The second kappa shape index (κ2) is 8.60. The van der Waals surface area contributed by atoms with E-state index >= 15 is 0 Å². The maximum absolute atomic E-state index is 13.1. The van der Waals surface area contributed by atoms with E-state index in [0.717, 1.165) is 10.0 Å². The van der Waals surface area contributed by atoms with E-state index in [0.29, 0.717) is 36.8 Å². The molecule has 0 aliphatic carbocycles. The molecule has 2 aliphatic heterocycles. The van der Waals surface area contributed by atoms with Crippen LogP contribution in [0, 0.1) is 17.2 Å². The number of hydrogen-bond donors (Lipinski definition) is 3. The number of aromatic amines is 1. The van der Waals surface area contributed by atoms with Crippen molar-refractivity contribution in [2.45, 2.75) is 12.5 Å². The number of hydrogen-bond acceptors (Lipinski definition) is 7. The summed E-state index contributed by atoms with van der Waals surface area (Å²) in [7, 11) is 0. The first-order chi connectivity index (χ1) is 16.0. The third kappa shape index (κ3) is 4.03. The van der Waals surface area contributed by atoms with Crippen LogP contribution in [0.15, 0.2) is 51.7 Å². The molecule has 5 rings (SSSR count). The number of rotatable bonds is 4. The van der Waals surface area contributed by atoms with Crippen LogP contribution in [0.2, 0.25) is 0 Å². The molecule has 0 bridgehead atoms. The molecule has 10 heteroatoms. The first-order valence-corrected chi connectivity index (χ1v) is 11.1. The third-order valence-electron chi connectivity index (χ3n) is 5.54. The standard InChI is InChI=1S/C23H18BrN5O4/c24-14-3-1-2-13(9-14)18-15(10-25)21(30)27-20-19(18)22(31)29-23(28-20)26-11-12-4-5-16-17(8-12)33-7-6-32-16/h1-5,8-9,15,18H,6-7,11H2,(H3,26,27,28,29,30,31). The van der Waals surface area contributed by atoms with Gasteiger partial charge in [0.15, 0.2) is 11.5 Å². The number of nitrogens with zero attached hydrogens (tertiary/aromatic N) is 2. The summed E-state index contributed by atoms with van der Waals surface area (Å²) in [6.45, 7) is 1.37. The van der Waals surface area contributed by atoms with Gasteiger partial charge >= 0.3 is 0 Å². The number of aromatic nitrogens is 2. The first kappa shape index (κ1) is 21.0. The third-order valence-corrected chi connectivity index (χ3v) is 6.03. The Morgan fingerprint density at radius 1 is 1.15 bits per heavy atom. The normalized spacial score (nSPS) is 18.6. The molecule has 9 nitrogen and oxygen atoms in total. The molecule has 2 unspecified atom stereocenters. The summed E-state index contributed by atoms with van der Waals surface area (Å²) < 4.78 is 11.9. The van der Waals surface area contributed by atoms with Gasteiger partial charge in [0, 0.05) is 16.9 Å². The maximum Gasteiger partial charge on any atom is 0.258 e. The van der Waals surface area contributed by atoms with Gasteiger partial charge in [0.2, 0.25) is 11.9 Å². The molecule has 0 spiro atoms. The first-order valence-electron chi connectivity index (χ1n) is 10.3. The van der Waals surface area contributed by atoms with E-state index in [4.69, 9.17) is 9.47 Å². The molecule has 0 fully saturated rings. The van der Waals surface area contributed by atoms with Crippen molar-refractivity contribution in [1.29, 1.82) is 5.26 Å². The lowest BCUT2D eigenvalue weighted by atomic mass is 9.79. The van der Waals surface area contributed by atoms with Crippen LogP contribution < -0.4 is 25.7 Å². The Labute approximate surface area is 196 Å². The SMILES string of the molecule is N#CC1C(=O)Nc2nc(NCc3ccc4c(c3)OCCO4)[nH]c(=O)c2C1c1cccc(Br)c1. The van der Waals surface area contributed by atoms with E-state index in [9.17, 15) is 14.9 Å². The van der Waals surface area contributed by atoms with E-state index in [2.05, 4.69) is 36.5 Å². The minimum atomic E-state index is -1.05. The summed E-state index contributed by atoms with van der Waals surface area (Å²) in [5.74, 6) is -0.573. The lowest BCUT2D eigenvalue weighted by molar-refractivity contribution is -0.119. The molecule has 0 saturated heterocycles. The highest BCUT2D eigenvalue weighted by Crippen LogP contribution is 2.38. The van der Waals surface area contributed by atoms with Crippen LogP contribution in [0.1, 0.15) is 22.6 Å². The van der Waals surface area contributed by atoms with Crippen molar-refractivity contribution < 1.29 is 14.3 Å². The monoisotopic (exact) mass is 507 g/mol. The number of amides is 1. The minimum Gasteiger partial charge on any atom is -0.486 e. The van der Waals surface area contributed by atoms with Crippen molar-refractivity contribution in [2.24, 2.45) is 5.92 Å². The molecular formula is C23H18BrN5O4. The Balaban J connectivity index is 1.46. The summed E-state index contributed by atoms with van der Waals surface area (Å²) >= 11 is 3.41. The largest absolute Gasteiger partial charge is 0.486 e. The zero-order chi connectivity index (χ0) is 22.9. The molecule has 33 heavy (non-hydrogen) atoms. The second-order valence-electron chi connectivity index (χ2n) is 7.64. The zero-order valence-electron chi connectivity index (χ0n) is 17.2. The van der Waals surface area contributed by atoms with E-state index in [1.807, 2.05) is 30.3 Å². The molecule has 0 radical (unpaired) electrons. The van der Waals surface area contributed by atoms with E-state index in [-0.39, 0.29) is 17.3 Å². The summed E-state index contributed by atoms with van der Waals surface area (Å²) in [5.41, 5.74) is 1.41. The molecule has 2 aromatic carbocycles. The lowest BCUT2D eigenvalue weighted by Crippen LogP contribution is -2.38. The fourth-order valence-corrected chi connectivity index (χ4v) is 4.46. The highest BCUT2D eigenvalue weighted by molar-refractivity contribution is 9.10. The predicted molar refractivity (Wildman–Crippen MR) is 123 cm³/mol. The Morgan fingerprint density at radius 3 is 2.76 bits per heavy atom. The molecule has 1 amide bonds. The van der Waals surface area contributed by atoms with Crippen LogP contribution in [0.25, 0.3) is 0 Å². The number of fused-ring (bicyclic) bond motifs is 2. The number of ether oxygens (including phenoxy) is 2. The molecule has 3 N–H and O–H groups in total. The highest BCUT2D eigenvalue weighted by Gasteiger charge is 2.40. The molecule has 3 aromatic rings. The number of carbonyl (C=O) groups excluding carboxylic acids is 1.